The lowest BCUT2D eigenvalue weighted by molar-refractivity contribution is 1.14. The van der Waals surface area contributed by atoms with Crippen molar-refractivity contribution in [1.82, 2.24) is 9.97 Å². The summed E-state index contributed by atoms with van der Waals surface area (Å²) in [5.41, 5.74) is 4.40. The van der Waals surface area contributed by atoms with E-state index in [2.05, 4.69) is 46.7 Å². The average molecular weight is 289 g/mol. The van der Waals surface area contributed by atoms with Crippen LogP contribution in [-0.2, 0) is 6.42 Å². The summed E-state index contributed by atoms with van der Waals surface area (Å²) >= 11 is 7.97. The van der Waals surface area contributed by atoms with Crippen molar-refractivity contribution in [2.24, 2.45) is 0 Å². The van der Waals surface area contributed by atoms with E-state index in [1.165, 1.54) is 11.1 Å². The highest BCUT2D eigenvalue weighted by molar-refractivity contribution is 7.08. The van der Waals surface area contributed by atoms with Crippen LogP contribution in [0.1, 0.15) is 18.1 Å². The highest BCUT2D eigenvalue weighted by atomic mass is 35.5. The molecule has 2 aromatic heterocycles. The molecule has 3 aromatic rings. The Hall–Kier alpha value is -1.45. The van der Waals surface area contributed by atoms with Crippen LogP contribution in [0.3, 0.4) is 0 Å². The maximum absolute atomic E-state index is 6.31. The van der Waals surface area contributed by atoms with Crippen LogP contribution in [0.15, 0.2) is 29.0 Å². The van der Waals surface area contributed by atoms with Gasteiger partial charge in [-0.2, -0.15) is 11.3 Å². The standard InChI is InChI=1S/C15H13ClN2S/c1-3-10-4-5-13-11(6-10)14(16)18-15(17-13)12-8-19-7-9(12)2/h4-8H,3H2,1-2H3. The van der Waals surface area contributed by atoms with Crippen LogP contribution in [0, 0.1) is 6.92 Å². The molecule has 0 saturated heterocycles. The molecular formula is C15H13ClN2S. The number of benzene rings is 1. The lowest BCUT2D eigenvalue weighted by Gasteiger charge is -2.06. The minimum atomic E-state index is 0.529. The predicted octanol–water partition coefficient (Wildman–Crippen LogP) is 4.88. The topological polar surface area (TPSA) is 25.8 Å². The van der Waals surface area contributed by atoms with Gasteiger partial charge in [0.25, 0.3) is 0 Å². The fraction of sp³-hybridized carbons (Fsp3) is 0.200. The Labute approximate surface area is 121 Å². The van der Waals surface area contributed by atoms with Gasteiger partial charge >= 0.3 is 0 Å². The number of aromatic nitrogens is 2. The molecule has 2 heterocycles. The van der Waals surface area contributed by atoms with Crippen LogP contribution < -0.4 is 0 Å². The molecule has 96 valence electrons. The van der Waals surface area contributed by atoms with Crippen molar-refractivity contribution in [3.63, 3.8) is 0 Å². The van der Waals surface area contributed by atoms with Crippen molar-refractivity contribution in [1.29, 1.82) is 0 Å². The molecule has 0 unspecified atom stereocenters. The Morgan fingerprint density at radius 3 is 2.74 bits per heavy atom. The summed E-state index contributed by atoms with van der Waals surface area (Å²) in [6.07, 6.45) is 0.984. The van der Waals surface area contributed by atoms with Crippen LogP contribution >= 0.6 is 22.9 Å². The minimum absolute atomic E-state index is 0.529. The van der Waals surface area contributed by atoms with Crippen molar-refractivity contribution in [2.45, 2.75) is 20.3 Å². The summed E-state index contributed by atoms with van der Waals surface area (Å²) in [7, 11) is 0. The molecule has 0 atom stereocenters. The van der Waals surface area contributed by atoms with Gasteiger partial charge in [0.1, 0.15) is 5.15 Å². The van der Waals surface area contributed by atoms with Gasteiger partial charge < -0.3 is 0 Å². The fourth-order valence-electron chi connectivity index (χ4n) is 2.07. The smallest absolute Gasteiger partial charge is 0.162 e. The maximum atomic E-state index is 6.31. The van der Waals surface area contributed by atoms with Gasteiger partial charge in [0.05, 0.1) is 5.52 Å². The summed E-state index contributed by atoms with van der Waals surface area (Å²) in [4.78, 5) is 9.07. The summed E-state index contributed by atoms with van der Waals surface area (Å²) < 4.78 is 0. The van der Waals surface area contributed by atoms with E-state index in [1.807, 2.05) is 6.07 Å². The molecule has 0 saturated carbocycles. The molecule has 0 aliphatic heterocycles. The number of thiophene rings is 1. The minimum Gasteiger partial charge on any atom is -0.228 e. The Bertz CT molecular complexity index is 749. The average Bonchev–Trinajstić information content (AvgIpc) is 2.84. The number of nitrogens with zero attached hydrogens (tertiary/aromatic N) is 2. The quantitative estimate of drug-likeness (QED) is 0.628. The van der Waals surface area contributed by atoms with Gasteiger partial charge in [-0.15, -0.1) is 0 Å². The third-order valence-electron chi connectivity index (χ3n) is 3.22. The number of halogens is 1. The summed E-state index contributed by atoms with van der Waals surface area (Å²) in [5, 5.41) is 5.61. The molecule has 2 nitrogen and oxygen atoms in total. The molecule has 0 spiro atoms. The second-order valence-electron chi connectivity index (χ2n) is 4.51. The van der Waals surface area contributed by atoms with Crippen molar-refractivity contribution in [3.05, 3.63) is 45.2 Å². The Morgan fingerprint density at radius 2 is 2.05 bits per heavy atom. The van der Waals surface area contributed by atoms with E-state index in [4.69, 9.17) is 11.6 Å². The molecule has 3 rings (SSSR count). The molecule has 1 aromatic carbocycles. The third-order valence-corrected chi connectivity index (χ3v) is 4.37. The molecule has 0 aliphatic carbocycles. The van der Waals surface area contributed by atoms with E-state index < -0.39 is 0 Å². The first-order chi connectivity index (χ1) is 9.19. The number of fused-ring (bicyclic) bond motifs is 1. The molecule has 0 amide bonds. The van der Waals surface area contributed by atoms with E-state index in [0.717, 1.165) is 22.9 Å². The number of aryl methyl sites for hydroxylation is 2. The first-order valence-electron chi connectivity index (χ1n) is 6.18. The van der Waals surface area contributed by atoms with E-state index in [1.54, 1.807) is 11.3 Å². The molecule has 0 fully saturated rings. The number of hydrogen-bond donors (Lipinski definition) is 0. The van der Waals surface area contributed by atoms with Gasteiger partial charge in [-0.3, -0.25) is 0 Å². The van der Waals surface area contributed by atoms with Gasteiger partial charge in [0.15, 0.2) is 5.82 Å². The molecule has 0 N–H and O–H groups in total. The zero-order valence-corrected chi connectivity index (χ0v) is 12.3. The Kier molecular flexibility index (Phi) is 3.25. The van der Waals surface area contributed by atoms with E-state index >= 15 is 0 Å². The lowest BCUT2D eigenvalue weighted by Crippen LogP contribution is -1.93. The van der Waals surface area contributed by atoms with Crippen molar-refractivity contribution in [3.8, 4) is 11.4 Å². The molecule has 0 aliphatic rings. The van der Waals surface area contributed by atoms with Gasteiger partial charge in [0.2, 0.25) is 0 Å². The normalized spacial score (nSPS) is 11.1. The largest absolute Gasteiger partial charge is 0.228 e. The predicted molar refractivity (Wildman–Crippen MR) is 82.0 cm³/mol. The highest BCUT2D eigenvalue weighted by Crippen LogP contribution is 2.29. The Morgan fingerprint density at radius 1 is 1.21 bits per heavy atom. The van der Waals surface area contributed by atoms with Crippen molar-refractivity contribution >= 4 is 33.8 Å². The molecule has 0 radical (unpaired) electrons. The van der Waals surface area contributed by atoms with Crippen LogP contribution in [0.2, 0.25) is 5.15 Å². The summed E-state index contributed by atoms with van der Waals surface area (Å²) in [5.74, 6) is 0.709. The van der Waals surface area contributed by atoms with Crippen LogP contribution in [0.25, 0.3) is 22.3 Å². The lowest BCUT2D eigenvalue weighted by atomic mass is 10.1. The molecular weight excluding hydrogens is 276 g/mol. The summed E-state index contributed by atoms with van der Waals surface area (Å²) in [6, 6.07) is 6.19. The zero-order valence-electron chi connectivity index (χ0n) is 10.8. The van der Waals surface area contributed by atoms with E-state index in [9.17, 15) is 0 Å². The van der Waals surface area contributed by atoms with Crippen LogP contribution in [0.4, 0.5) is 0 Å². The van der Waals surface area contributed by atoms with Gasteiger partial charge in [0, 0.05) is 16.3 Å². The van der Waals surface area contributed by atoms with Crippen LogP contribution in [-0.4, -0.2) is 9.97 Å². The first kappa shape index (κ1) is 12.6. The maximum Gasteiger partial charge on any atom is 0.162 e. The monoisotopic (exact) mass is 288 g/mol. The van der Waals surface area contributed by atoms with Crippen molar-refractivity contribution < 1.29 is 0 Å². The third kappa shape index (κ3) is 2.24. The second kappa shape index (κ2) is 4.91. The Balaban J connectivity index is 2.23. The number of hydrogen-bond acceptors (Lipinski definition) is 3. The second-order valence-corrected chi connectivity index (χ2v) is 5.61. The zero-order chi connectivity index (χ0) is 13.4. The van der Waals surface area contributed by atoms with E-state index in [-0.39, 0.29) is 0 Å². The SMILES string of the molecule is CCc1ccc2nc(-c3cscc3C)nc(Cl)c2c1. The highest BCUT2D eigenvalue weighted by Gasteiger charge is 2.10. The number of rotatable bonds is 2. The van der Waals surface area contributed by atoms with Crippen molar-refractivity contribution in [2.75, 3.05) is 0 Å². The summed E-state index contributed by atoms with van der Waals surface area (Å²) in [6.45, 7) is 4.19. The molecule has 19 heavy (non-hydrogen) atoms. The van der Waals surface area contributed by atoms with E-state index in [0.29, 0.717) is 11.0 Å². The molecule has 4 heteroatoms. The van der Waals surface area contributed by atoms with Gasteiger partial charge in [-0.05, 0) is 42.0 Å². The fourth-order valence-corrected chi connectivity index (χ4v) is 3.13. The van der Waals surface area contributed by atoms with Gasteiger partial charge in [-0.1, -0.05) is 24.6 Å². The molecule has 0 bridgehead atoms. The van der Waals surface area contributed by atoms with Crippen LogP contribution in [0.5, 0.6) is 0 Å². The van der Waals surface area contributed by atoms with Gasteiger partial charge in [-0.25, -0.2) is 9.97 Å². The first-order valence-corrected chi connectivity index (χ1v) is 7.50.